The van der Waals surface area contributed by atoms with Crippen molar-refractivity contribution in [3.05, 3.63) is 51.6 Å². The van der Waals surface area contributed by atoms with Crippen molar-refractivity contribution in [3.8, 4) is 0 Å². The number of hydrogen-bond donors (Lipinski definition) is 1. The van der Waals surface area contributed by atoms with Gasteiger partial charge in [0.15, 0.2) is 0 Å². The van der Waals surface area contributed by atoms with Crippen LogP contribution < -0.4 is 10.6 Å². The van der Waals surface area contributed by atoms with Gasteiger partial charge in [0.25, 0.3) is 0 Å². The molecule has 2 heterocycles. The summed E-state index contributed by atoms with van der Waals surface area (Å²) in [5.41, 5.74) is 10.8. The van der Waals surface area contributed by atoms with Gasteiger partial charge < -0.3 is 10.6 Å². The van der Waals surface area contributed by atoms with Crippen molar-refractivity contribution >= 4 is 27.4 Å². The van der Waals surface area contributed by atoms with Crippen LogP contribution in [0, 0.1) is 6.92 Å². The van der Waals surface area contributed by atoms with Crippen LogP contribution >= 0.6 is 15.9 Å². The maximum Gasteiger partial charge on any atom is 0.143 e. The summed E-state index contributed by atoms with van der Waals surface area (Å²) >= 11 is 3.64. The minimum Gasteiger partial charge on any atom is -0.398 e. The fourth-order valence-corrected chi connectivity index (χ4v) is 3.05. The zero-order valence-electron chi connectivity index (χ0n) is 10.9. The molecule has 0 spiro atoms. The molecule has 0 atom stereocenters. The Kier molecular flexibility index (Phi) is 3.19. The normalized spacial score (nSPS) is 14.3. The number of hydrogen-bond acceptors (Lipinski definition) is 3. The molecule has 0 fully saturated rings. The van der Waals surface area contributed by atoms with E-state index in [1.165, 1.54) is 16.7 Å². The molecule has 2 N–H and O–H groups in total. The topological polar surface area (TPSA) is 42.2 Å². The second-order valence-corrected chi connectivity index (χ2v) is 5.71. The summed E-state index contributed by atoms with van der Waals surface area (Å²) in [4.78, 5) is 6.81. The van der Waals surface area contributed by atoms with Crippen LogP contribution in [-0.2, 0) is 13.0 Å². The summed E-state index contributed by atoms with van der Waals surface area (Å²) in [5.74, 6) is 1.02. The van der Waals surface area contributed by atoms with E-state index in [-0.39, 0.29) is 0 Å². The molecular weight excluding hydrogens is 302 g/mol. The average Bonchev–Trinajstić information content (AvgIpc) is 2.42. The van der Waals surface area contributed by atoms with Crippen molar-refractivity contribution in [2.45, 2.75) is 19.9 Å². The molecule has 1 aliphatic rings. The van der Waals surface area contributed by atoms with E-state index in [0.717, 1.165) is 35.5 Å². The van der Waals surface area contributed by atoms with Crippen LogP contribution in [0.1, 0.15) is 16.7 Å². The molecule has 0 amide bonds. The molecule has 19 heavy (non-hydrogen) atoms. The first-order valence-electron chi connectivity index (χ1n) is 6.39. The average molecular weight is 318 g/mol. The van der Waals surface area contributed by atoms with E-state index < -0.39 is 0 Å². The molecule has 0 unspecified atom stereocenters. The number of fused-ring (bicyclic) bond motifs is 1. The Morgan fingerprint density at radius 1 is 1.32 bits per heavy atom. The number of nitrogens with two attached hydrogens (primary N) is 1. The van der Waals surface area contributed by atoms with E-state index >= 15 is 0 Å². The van der Waals surface area contributed by atoms with Crippen molar-refractivity contribution < 1.29 is 0 Å². The smallest absolute Gasteiger partial charge is 0.143 e. The number of aromatic nitrogens is 1. The molecule has 1 aromatic carbocycles. The zero-order chi connectivity index (χ0) is 13.4. The Bertz CT molecular complexity index is 625. The number of nitrogens with zero attached hydrogens (tertiary/aromatic N) is 2. The van der Waals surface area contributed by atoms with Crippen LogP contribution in [-0.4, -0.2) is 11.5 Å². The van der Waals surface area contributed by atoms with Gasteiger partial charge in [0.05, 0.1) is 4.47 Å². The number of rotatable bonds is 1. The second kappa shape index (κ2) is 4.85. The molecule has 2 aromatic rings. The van der Waals surface area contributed by atoms with E-state index in [9.17, 15) is 0 Å². The van der Waals surface area contributed by atoms with Gasteiger partial charge in [-0.15, -0.1) is 0 Å². The van der Waals surface area contributed by atoms with Crippen LogP contribution in [0.3, 0.4) is 0 Å². The first-order valence-corrected chi connectivity index (χ1v) is 7.18. The Hall–Kier alpha value is -1.55. The van der Waals surface area contributed by atoms with Gasteiger partial charge in [-0.25, -0.2) is 4.98 Å². The highest BCUT2D eigenvalue weighted by Crippen LogP contribution is 2.32. The van der Waals surface area contributed by atoms with Gasteiger partial charge in [0.1, 0.15) is 5.82 Å². The summed E-state index contributed by atoms with van der Waals surface area (Å²) in [6, 6.07) is 8.18. The lowest BCUT2D eigenvalue weighted by molar-refractivity contribution is 0.720. The molecule has 0 saturated heterocycles. The lowest BCUT2D eigenvalue weighted by atomic mass is 9.98. The van der Waals surface area contributed by atoms with Gasteiger partial charge in [0, 0.05) is 25.0 Å². The number of nitrogen functional groups attached to an aromatic ring is 1. The Labute approximate surface area is 121 Å². The van der Waals surface area contributed by atoms with Crippen molar-refractivity contribution in [3.63, 3.8) is 0 Å². The maximum absolute atomic E-state index is 6.04. The van der Waals surface area contributed by atoms with E-state index in [0.29, 0.717) is 0 Å². The monoisotopic (exact) mass is 317 g/mol. The van der Waals surface area contributed by atoms with E-state index in [1.807, 2.05) is 24.4 Å². The predicted octanol–water partition coefficient (Wildman–Crippen LogP) is 3.30. The number of halogens is 1. The zero-order valence-corrected chi connectivity index (χ0v) is 12.4. The van der Waals surface area contributed by atoms with Crippen molar-refractivity contribution in [1.29, 1.82) is 0 Å². The number of aryl methyl sites for hydroxylation is 1. The Balaban J connectivity index is 1.96. The van der Waals surface area contributed by atoms with Crippen LogP contribution in [0.2, 0.25) is 0 Å². The molecule has 1 aromatic heterocycles. The predicted molar refractivity (Wildman–Crippen MR) is 82.3 cm³/mol. The minimum absolute atomic E-state index is 0.870. The van der Waals surface area contributed by atoms with Crippen molar-refractivity contribution in [1.82, 2.24) is 4.98 Å². The van der Waals surface area contributed by atoms with Gasteiger partial charge in [-0.2, -0.15) is 0 Å². The van der Waals surface area contributed by atoms with E-state index in [2.05, 4.69) is 38.8 Å². The maximum atomic E-state index is 6.04. The van der Waals surface area contributed by atoms with Crippen LogP contribution in [0.25, 0.3) is 0 Å². The summed E-state index contributed by atoms with van der Waals surface area (Å²) in [5, 5.41) is 0. The summed E-state index contributed by atoms with van der Waals surface area (Å²) in [6.07, 6.45) is 2.84. The second-order valence-electron chi connectivity index (χ2n) is 4.92. The minimum atomic E-state index is 0.870. The Morgan fingerprint density at radius 2 is 2.16 bits per heavy atom. The first kappa shape index (κ1) is 12.5. The number of anilines is 2. The molecule has 3 nitrogen and oxygen atoms in total. The van der Waals surface area contributed by atoms with Gasteiger partial charge in [-0.05, 0) is 58.1 Å². The largest absolute Gasteiger partial charge is 0.398 e. The van der Waals surface area contributed by atoms with Crippen LogP contribution in [0.4, 0.5) is 11.5 Å². The van der Waals surface area contributed by atoms with Crippen LogP contribution in [0.5, 0.6) is 0 Å². The van der Waals surface area contributed by atoms with Gasteiger partial charge >= 0.3 is 0 Å². The highest BCUT2D eigenvalue weighted by Gasteiger charge is 2.20. The molecule has 98 valence electrons. The summed E-state index contributed by atoms with van der Waals surface area (Å²) in [6.45, 7) is 3.91. The molecule has 0 saturated carbocycles. The fraction of sp³-hybridized carbons (Fsp3) is 0.267. The molecular formula is C15H16BrN3. The van der Waals surface area contributed by atoms with E-state index in [4.69, 9.17) is 5.73 Å². The van der Waals surface area contributed by atoms with Gasteiger partial charge in [-0.1, -0.05) is 12.1 Å². The third-order valence-electron chi connectivity index (χ3n) is 3.67. The van der Waals surface area contributed by atoms with Gasteiger partial charge in [-0.3, -0.25) is 0 Å². The quantitative estimate of drug-likeness (QED) is 0.821. The summed E-state index contributed by atoms with van der Waals surface area (Å²) < 4.78 is 1.09. The van der Waals surface area contributed by atoms with Crippen molar-refractivity contribution in [2.75, 3.05) is 17.2 Å². The third kappa shape index (κ3) is 2.21. The van der Waals surface area contributed by atoms with Crippen LogP contribution in [0.15, 0.2) is 34.9 Å². The molecule has 0 bridgehead atoms. The van der Waals surface area contributed by atoms with Crippen molar-refractivity contribution in [2.24, 2.45) is 0 Å². The highest BCUT2D eigenvalue weighted by atomic mass is 79.9. The molecule has 1 aliphatic heterocycles. The molecule has 0 aliphatic carbocycles. The fourth-order valence-electron chi connectivity index (χ4n) is 2.57. The highest BCUT2D eigenvalue weighted by molar-refractivity contribution is 9.10. The SMILES string of the molecule is Cc1ccnc(N2CCc3c(N)cccc3C2)c1Br. The Morgan fingerprint density at radius 3 is 3.00 bits per heavy atom. The lowest BCUT2D eigenvalue weighted by Gasteiger charge is -2.31. The third-order valence-corrected chi connectivity index (χ3v) is 4.65. The lowest BCUT2D eigenvalue weighted by Crippen LogP contribution is -2.31. The molecule has 3 rings (SSSR count). The molecule has 4 heteroatoms. The van der Waals surface area contributed by atoms with Gasteiger partial charge in [0.2, 0.25) is 0 Å². The summed E-state index contributed by atoms with van der Waals surface area (Å²) in [7, 11) is 0. The first-order chi connectivity index (χ1) is 9.16. The number of benzene rings is 1. The molecule has 0 radical (unpaired) electrons. The standard InChI is InChI=1S/C15H16BrN3/c1-10-5-7-18-15(14(10)16)19-8-6-12-11(9-19)3-2-4-13(12)17/h2-5,7H,6,8-9,17H2,1H3. The van der Waals surface area contributed by atoms with E-state index in [1.54, 1.807) is 0 Å². The number of pyridine rings is 1.